The lowest BCUT2D eigenvalue weighted by atomic mass is 9.89. The molecular formula is C42H45F5N6O5. The Morgan fingerprint density at radius 2 is 1.84 bits per heavy atom. The number of rotatable bonds is 8. The van der Waals surface area contributed by atoms with Gasteiger partial charge in [-0.15, -0.1) is 6.42 Å². The van der Waals surface area contributed by atoms with Crippen molar-refractivity contribution in [1.82, 2.24) is 24.8 Å². The molecule has 8 rings (SSSR count). The number of aromatic nitrogens is 3. The Morgan fingerprint density at radius 1 is 1.03 bits per heavy atom. The molecule has 0 unspecified atom stereocenters. The van der Waals surface area contributed by atoms with Crippen LogP contribution in [0, 0.1) is 29.9 Å². The van der Waals surface area contributed by atoms with Crippen LogP contribution >= 0.6 is 0 Å². The van der Waals surface area contributed by atoms with Gasteiger partial charge in [0.25, 0.3) is 0 Å². The smallest absolute Gasteiger partial charge is 0.410 e. The summed E-state index contributed by atoms with van der Waals surface area (Å²) < 4.78 is 96.2. The largest absolute Gasteiger partial charge is 0.468 e. The van der Waals surface area contributed by atoms with E-state index in [1.165, 1.54) is 25.3 Å². The van der Waals surface area contributed by atoms with Crippen molar-refractivity contribution in [1.29, 1.82) is 0 Å². The van der Waals surface area contributed by atoms with Gasteiger partial charge >= 0.3 is 18.3 Å². The number of fused-ring (bicyclic) bond motifs is 4. The van der Waals surface area contributed by atoms with Crippen LogP contribution in [0.15, 0.2) is 24.3 Å². The number of ether oxygens (including phenoxy) is 4. The number of nitrogens with zero attached hydrogens (tertiary/aromatic N) is 6. The predicted octanol–water partition coefficient (Wildman–Crippen LogP) is 7.64. The van der Waals surface area contributed by atoms with E-state index in [9.17, 15) is 18.0 Å². The molecule has 1 amide bonds. The number of carbonyl (C=O) groups excluding carboxylic acids is 1. The van der Waals surface area contributed by atoms with Gasteiger partial charge in [-0.1, -0.05) is 12.0 Å². The SMILES string of the molecule is C#Cc1c(F)ccc2cc(OCOC)cc(-c3nc4c5c(nc(OC[C@@]67CCCN6C[C@@H](CC(F)(F)F)C7)nc5c3F)N3CCN(C(=O)OC(C)(C)C)C[C@H]3CC4)c12. The molecule has 4 aliphatic heterocycles. The van der Waals surface area contributed by atoms with E-state index in [4.69, 9.17) is 35.3 Å². The molecular weight excluding hydrogens is 763 g/mol. The van der Waals surface area contributed by atoms with E-state index >= 15 is 8.78 Å². The maximum atomic E-state index is 17.5. The fraction of sp³-hybridized carbons (Fsp3) is 0.524. The molecule has 4 aliphatic rings. The molecule has 6 heterocycles. The van der Waals surface area contributed by atoms with Crippen LogP contribution in [-0.2, 0) is 15.9 Å². The molecule has 3 atom stereocenters. The molecule has 0 saturated carbocycles. The summed E-state index contributed by atoms with van der Waals surface area (Å²) in [6.07, 6.45) is 2.83. The van der Waals surface area contributed by atoms with E-state index in [2.05, 4.69) is 15.8 Å². The van der Waals surface area contributed by atoms with Crippen LogP contribution in [0.25, 0.3) is 32.9 Å². The van der Waals surface area contributed by atoms with E-state index in [1.54, 1.807) is 31.7 Å². The minimum atomic E-state index is -4.28. The molecule has 58 heavy (non-hydrogen) atoms. The van der Waals surface area contributed by atoms with Crippen molar-refractivity contribution in [3.63, 3.8) is 0 Å². The zero-order valence-electron chi connectivity index (χ0n) is 32.8. The zero-order valence-corrected chi connectivity index (χ0v) is 32.8. The topological polar surface area (TPSA) is 102 Å². The fourth-order valence-corrected chi connectivity index (χ4v) is 9.27. The molecule has 0 N–H and O–H groups in total. The second-order valence-electron chi connectivity index (χ2n) is 16.7. The molecule has 308 valence electrons. The van der Waals surface area contributed by atoms with Gasteiger partial charge in [-0.2, -0.15) is 23.1 Å². The zero-order chi connectivity index (χ0) is 41.1. The van der Waals surface area contributed by atoms with Crippen LogP contribution in [0.4, 0.5) is 32.6 Å². The van der Waals surface area contributed by atoms with Gasteiger partial charge in [0.2, 0.25) is 0 Å². The monoisotopic (exact) mass is 808 g/mol. The molecule has 0 bridgehead atoms. The van der Waals surface area contributed by atoms with E-state index < -0.39 is 47.4 Å². The number of amides is 1. The maximum Gasteiger partial charge on any atom is 0.410 e. The Bertz CT molecular complexity index is 2310. The minimum Gasteiger partial charge on any atom is -0.468 e. The Kier molecular flexibility index (Phi) is 10.3. The van der Waals surface area contributed by atoms with Crippen molar-refractivity contribution in [2.24, 2.45) is 5.92 Å². The molecule has 4 aromatic rings. The minimum absolute atomic E-state index is 0.0168. The highest BCUT2D eigenvalue weighted by molar-refractivity contribution is 6.03. The summed E-state index contributed by atoms with van der Waals surface area (Å²) in [6, 6.07) is 5.54. The third-order valence-corrected chi connectivity index (χ3v) is 11.6. The summed E-state index contributed by atoms with van der Waals surface area (Å²) in [4.78, 5) is 33.4. The van der Waals surface area contributed by atoms with Crippen molar-refractivity contribution in [2.45, 2.75) is 82.7 Å². The summed E-state index contributed by atoms with van der Waals surface area (Å²) in [6.45, 7) is 7.21. The van der Waals surface area contributed by atoms with E-state index in [0.717, 1.165) is 6.42 Å². The van der Waals surface area contributed by atoms with Gasteiger partial charge in [-0.3, -0.25) is 4.90 Å². The normalized spacial score (nSPS) is 22.1. The van der Waals surface area contributed by atoms with Crippen LogP contribution in [-0.4, -0.2) is 107 Å². The van der Waals surface area contributed by atoms with E-state index in [0.29, 0.717) is 86.4 Å². The molecule has 11 nitrogen and oxygen atoms in total. The van der Waals surface area contributed by atoms with E-state index in [1.807, 2.05) is 4.90 Å². The molecule has 2 aromatic heterocycles. The van der Waals surface area contributed by atoms with Crippen molar-refractivity contribution in [3.8, 4) is 35.4 Å². The maximum absolute atomic E-state index is 17.5. The van der Waals surface area contributed by atoms with Crippen LogP contribution in [0.2, 0.25) is 0 Å². The van der Waals surface area contributed by atoms with Gasteiger partial charge in [-0.05, 0) is 88.9 Å². The second-order valence-corrected chi connectivity index (χ2v) is 16.7. The van der Waals surface area contributed by atoms with Crippen molar-refractivity contribution >= 4 is 33.6 Å². The number of hydrogen-bond acceptors (Lipinski definition) is 10. The number of benzene rings is 2. The van der Waals surface area contributed by atoms with Crippen LogP contribution in [0.1, 0.15) is 64.1 Å². The van der Waals surface area contributed by atoms with Crippen LogP contribution < -0.4 is 14.4 Å². The number of terminal acetylenes is 1. The quantitative estimate of drug-likeness (QED) is 0.100. The van der Waals surface area contributed by atoms with Crippen LogP contribution in [0.5, 0.6) is 11.8 Å². The molecule has 0 aliphatic carbocycles. The first kappa shape index (κ1) is 39.8. The standard InChI is InChI=1S/C42H45F5N6O5/c1-6-28-30(43)10-8-25-16-27(57-23-55-5)17-29(32(25)28)35-34(44)36-33-31(48-35)11-9-26-21-51(39(54)58-40(2,3)4)14-15-53(26)37(33)50-38(49-36)56-22-41-12-7-13-52(41)20-24(18-41)19-42(45,46)47/h1,8,10,16-17,24,26H,7,9,11-15,18-23H2,2-5H3/t24-,26-,41+/m1/s1. The Labute approximate surface area is 332 Å². The average Bonchev–Trinajstić information content (AvgIpc) is 3.65. The van der Waals surface area contributed by atoms with Gasteiger partial charge < -0.3 is 28.7 Å². The lowest BCUT2D eigenvalue weighted by molar-refractivity contribution is -0.143. The number of carbonyl (C=O) groups is 1. The number of hydrogen-bond donors (Lipinski definition) is 0. The Balaban J connectivity index is 1.25. The first-order valence-electron chi connectivity index (χ1n) is 19.5. The molecule has 2 aromatic carbocycles. The number of anilines is 1. The second kappa shape index (κ2) is 15.0. The summed E-state index contributed by atoms with van der Waals surface area (Å²) >= 11 is 0. The Morgan fingerprint density at radius 3 is 2.59 bits per heavy atom. The van der Waals surface area contributed by atoms with Gasteiger partial charge in [0.15, 0.2) is 12.6 Å². The summed E-state index contributed by atoms with van der Waals surface area (Å²) in [5, 5.41) is 1.11. The summed E-state index contributed by atoms with van der Waals surface area (Å²) in [7, 11) is 1.46. The lowest BCUT2D eigenvalue weighted by Crippen LogP contribution is -2.55. The average molecular weight is 809 g/mol. The number of pyridine rings is 1. The number of aryl methyl sites for hydroxylation is 1. The first-order valence-corrected chi connectivity index (χ1v) is 19.5. The molecule has 0 radical (unpaired) electrons. The van der Waals surface area contributed by atoms with Gasteiger partial charge in [0.1, 0.15) is 40.8 Å². The third-order valence-electron chi connectivity index (χ3n) is 11.6. The van der Waals surface area contributed by atoms with E-state index in [-0.39, 0.29) is 53.2 Å². The number of piperazine rings is 1. The number of halogens is 5. The van der Waals surface area contributed by atoms with Crippen LogP contribution in [0.3, 0.4) is 0 Å². The summed E-state index contributed by atoms with van der Waals surface area (Å²) in [5.74, 6) is 1.03. The van der Waals surface area contributed by atoms with Crippen molar-refractivity contribution in [2.75, 3.05) is 58.1 Å². The molecule has 0 spiro atoms. The third kappa shape index (κ3) is 7.54. The highest BCUT2D eigenvalue weighted by atomic mass is 19.4. The highest BCUT2D eigenvalue weighted by Gasteiger charge is 2.51. The molecule has 16 heteroatoms. The van der Waals surface area contributed by atoms with Crippen molar-refractivity contribution < 1.29 is 45.7 Å². The van der Waals surface area contributed by atoms with Crippen molar-refractivity contribution in [3.05, 3.63) is 47.2 Å². The fourth-order valence-electron chi connectivity index (χ4n) is 9.27. The Hall–Kier alpha value is -5.01. The van der Waals surface area contributed by atoms with Gasteiger partial charge in [0.05, 0.1) is 22.2 Å². The molecule has 3 fully saturated rings. The summed E-state index contributed by atoms with van der Waals surface area (Å²) in [5.41, 5.74) is -1.00. The predicted molar refractivity (Wildman–Crippen MR) is 206 cm³/mol. The highest BCUT2D eigenvalue weighted by Crippen LogP contribution is 2.46. The lowest BCUT2D eigenvalue weighted by Gasteiger charge is -2.41. The number of alkyl halides is 3. The first-order chi connectivity index (χ1) is 27.6. The molecule has 3 saturated heterocycles. The van der Waals surface area contributed by atoms with Gasteiger partial charge in [-0.25, -0.2) is 18.6 Å². The number of methoxy groups -OCH3 is 1. The van der Waals surface area contributed by atoms with Gasteiger partial charge in [0, 0.05) is 56.7 Å².